The summed E-state index contributed by atoms with van der Waals surface area (Å²) in [4.78, 5) is 13.4. The average molecular weight is 364 g/mol. The maximum atomic E-state index is 4.60. The van der Waals surface area contributed by atoms with Gasteiger partial charge in [-0.05, 0) is 30.5 Å². The molecule has 1 atom stereocenters. The summed E-state index contributed by atoms with van der Waals surface area (Å²) in [5.74, 6) is 2.00. The molecule has 0 bridgehead atoms. The summed E-state index contributed by atoms with van der Waals surface area (Å²) < 4.78 is 1.83. The van der Waals surface area contributed by atoms with Crippen LogP contribution in [0.3, 0.4) is 0 Å². The summed E-state index contributed by atoms with van der Waals surface area (Å²) in [7, 11) is 1.95. The number of aromatic nitrogens is 5. The van der Waals surface area contributed by atoms with Crippen molar-refractivity contribution in [2.45, 2.75) is 33.1 Å². The van der Waals surface area contributed by atoms with E-state index in [9.17, 15) is 0 Å². The van der Waals surface area contributed by atoms with Crippen LogP contribution in [0.15, 0.2) is 35.6 Å². The summed E-state index contributed by atoms with van der Waals surface area (Å²) in [5, 5.41) is 10.6. The molecule has 3 aromatic heterocycles. The van der Waals surface area contributed by atoms with Gasteiger partial charge in [0.15, 0.2) is 0 Å². The van der Waals surface area contributed by atoms with Gasteiger partial charge in [0, 0.05) is 38.0 Å². The molecule has 1 N–H and O–H groups in total. The Labute approximate surface area is 158 Å². The summed E-state index contributed by atoms with van der Waals surface area (Å²) in [6, 6.07) is 6.01. The van der Waals surface area contributed by atoms with E-state index in [1.807, 2.05) is 28.8 Å². The molecule has 0 saturated carbocycles. The minimum atomic E-state index is 0.467. The van der Waals surface area contributed by atoms with Crippen molar-refractivity contribution in [3.63, 3.8) is 0 Å². The van der Waals surface area contributed by atoms with Gasteiger partial charge in [0.25, 0.3) is 5.95 Å². The minimum absolute atomic E-state index is 0.467. The third-order valence-electron chi connectivity index (χ3n) is 4.98. The van der Waals surface area contributed by atoms with Crippen molar-refractivity contribution in [2.75, 3.05) is 13.6 Å². The summed E-state index contributed by atoms with van der Waals surface area (Å²) in [5.41, 5.74) is 7.08. The first-order chi connectivity index (χ1) is 13.1. The molecular formula is C19H24N8. The van der Waals surface area contributed by atoms with Crippen molar-refractivity contribution in [2.24, 2.45) is 10.9 Å². The van der Waals surface area contributed by atoms with Crippen molar-refractivity contribution in [3.05, 3.63) is 36.3 Å². The number of fused-ring (bicyclic) bond motifs is 1. The quantitative estimate of drug-likeness (QED) is 0.749. The highest BCUT2D eigenvalue weighted by Gasteiger charge is 2.15. The molecule has 1 unspecified atom stereocenters. The second kappa shape index (κ2) is 7.40. The number of nitrogens with zero attached hydrogens (tertiary/aromatic N) is 7. The smallest absolute Gasteiger partial charge is 0.251 e. The number of pyridine rings is 1. The van der Waals surface area contributed by atoms with Crippen LogP contribution in [-0.4, -0.2) is 49.2 Å². The zero-order chi connectivity index (χ0) is 18.8. The number of hydrazine groups is 1. The van der Waals surface area contributed by atoms with Gasteiger partial charge in [-0.25, -0.2) is 19.9 Å². The zero-order valence-electron chi connectivity index (χ0n) is 15.9. The van der Waals surface area contributed by atoms with Crippen LogP contribution in [0, 0.1) is 5.92 Å². The van der Waals surface area contributed by atoms with E-state index in [1.54, 1.807) is 6.20 Å². The van der Waals surface area contributed by atoms with Crippen LogP contribution in [0.4, 0.5) is 5.95 Å². The monoisotopic (exact) mass is 364 g/mol. The average Bonchev–Trinajstić information content (AvgIpc) is 3.28. The largest absolute Gasteiger partial charge is 0.299 e. The van der Waals surface area contributed by atoms with E-state index in [0.29, 0.717) is 11.9 Å². The summed E-state index contributed by atoms with van der Waals surface area (Å²) in [6.07, 6.45) is 6.65. The third-order valence-corrected chi connectivity index (χ3v) is 4.98. The molecular weight excluding hydrogens is 340 g/mol. The van der Waals surface area contributed by atoms with Crippen LogP contribution in [0.2, 0.25) is 0 Å². The van der Waals surface area contributed by atoms with Crippen LogP contribution in [-0.2, 0) is 6.42 Å². The molecule has 140 valence electrons. The predicted octanol–water partition coefficient (Wildman–Crippen LogP) is 2.65. The van der Waals surface area contributed by atoms with E-state index < -0.39 is 0 Å². The molecule has 4 rings (SSSR count). The SMILES string of the molecule is CCC(C)Cc1nnn2cc(-c3ccnc(N=C4CCNN4C)n3)ccc12. The second-order valence-electron chi connectivity index (χ2n) is 6.99. The molecule has 4 heterocycles. The fourth-order valence-electron chi connectivity index (χ4n) is 3.12. The van der Waals surface area contributed by atoms with E-state index in [1.165, 1.54) is 0 Å². The van der Waals surface area contributed by atoms with Gasteiger partial charge in [0.1, 0.15) is 5.84 Å². The molecule has 1 saturated heterocycles. The number of hydrogen-bond donors (Lipinski definition) is 1. The summed E-state index contributed by atoms with van der Waals surface area (Å²) >= 11 is 0. The van der Waals surface area contributed by atoms with Gasteiger partial charge in [-0.1, -0.05) is 25.5 Å². The Kier molecular flexibility index (Phi) is 4.81. The molecule has 8 heteroatoms. The molecule has 27 heavy (non-hydrogen) atoms. The van der Waals surface area contributed by atoms with Crippen LogP contribution >= 0.6 is 0 Å². The lowest BCUT2D eigenvalue weighted by Gasteiger charge is -2.10. The Morgan fingerprint density at radius 2 is 2.19 bits per heavy atom. The van der Waals surface area contributed by atoms with Gasteiger partial charge in [-0.2, -0.15) is 4.99 Å². The predicted molar refractivity (Wildman–Crippen MR) is 105 cm³/mol. The number of amidine groups is 1. The van der Waals surface area contributed by atoms with Crippen molar-refractivity contribution in [1.29, 1.82) is 0 Å². The minimum Gasteiger partial charge on any atom is -0.299 e. The Morgan fingerprint density at radius 1 is 1.30 bits per heavy atom. The Morgan fingerprint density at radius 3 is 2.96 bits per heavy atom. The van der Waals surface area contributed by atoms with Crippen LogP contribution < -0.4 is 5.43 Å². The fraction of sp³-hybridized carbons (Fsp3) is 0.421. The Hall–Kier alpha value is -2.87. The lowest BCUT2D eigenvalue weighted by atomic mass is 10.0. The topological polar surface area (TPSA) is 83.6 Å². The number of nitrogens with one attached hydrogen (secondary N) is 1. The van der Waals surface area contributed by atoms with Crippen molar-refractivity contribution < 1.29 is 0 Å². The van der Waals surface area contributed by atoms with Gasteiger partial charge in [-0.3, -0.25) is 5.01 Å². The lowest BCUT2D eigenvalue weighted by Crippen LogP contribution is -2.29. The molecule has 1 fully saturated rings. The van der Waals surface area contributed by atoms with Crippen LogP contribution in [0.1, 0.15) is 32.4 Å². The van der Waals surface area contributed by atoms with Crippen LogP contribution in [0.25, 0.3) is 16.8 Å². The molecule has 0 spiro atoms. The first kappa shape index (κ1) is 17.5. The van der Waals surface area contributed by atoms with Gasteiger partial charge in [-0.15, -0.1) is 5.10 Å². The molecule has 0 aromatic carbocycles. The van der Waals surface area contributed by atoms with E-state index in [4.69, 9.17) is 0 Å². The fourth-order valence-corrected chi connectivity index (χ4v) is 3.12. The Balaban J connectivity index is 1.63. The van der Waals surface area contributed by atoms with Crippen LogP contribution in [0.5, 0.6) is 0 Å². The number of rotatable bonds is 5. The molecule has 1 aliphatic heterocycles. The third kappa shape index (κ3) is 3.66. The second-order valence-corrected chi connectivity index (χ2v) is 6.99. The van der Waals surface area contributed by atoms with Gasteiger partial charge in [0.2, 0.25) is 0 Å². The van der Waals surface area contributed by atoms with E-state index in [-0.39, 0.29) is 0 Å². The molecule has 1 aliphatic rings. The van der Waals surface area contributed by atoms with Crippen molar-refractivity contribution >= 4 is 17.3 Å². The molecule has 0 radical (unpaired) electrons. The molecule has 3 aromatic rings. The maximum Gasteiger partial charge on any atom is 0.251 e. The lowest BCUT2D eigenvalue weighted by molar-refractivity contribution is 0.418. The standard InChI is InChI=1S/C19H24N8/c1-4-13(2)11-16-17-6-5-14(12-27(17)25-24-16)15-7-9-20-19(22-15)23-18-8-10-21-26(18)3/h5-7,9,12-13,21H,4,8,10-11H2,1-3H3. The Bertz CT molecular complexity index is 977. The first-order valence-electron chi connectivity index (χ1n) is 9.36. The maximum absolute atomic E-state index is 4.60. The van der Waals surface area contributed by atoms with Gasteiger partial charge < -0.3 is 0 Å². The number of hydrogen-bond acceptors (Lipinski definition) is 6. The van der Waals surface area contributed by atoms with E-state index in [2.05, 4.69) is 56.7 Å². The van der Waals surface area contributed by atoms with Gasteiger partial charge >= 0.3 is 0 Å². The van der Waals surface area contributed by atoms with Crippen molar-refractivity contribution in [3.8, 4) is 11.3 Å². The first-order valence-corrected chi connectivity index (χ1v) is 9.36. The summed E-state index contributed by atoms with van der Waals surface area (Å²) in [6.45, 7) is 5.32. The highest BCUT2D eigenvalue weighted by atomic mass is 15.5. The highest BCUT2D eigenvalue weighted by Crippen LogP contribution is 2.22. The normalized spacial score (nSPS) is 17.1. The van der Waals surface area contributed by atoms with E-state index in [0.717, 1.165) is 54.1 Å². The molecule has 0 aliphatic carbocycles. The van der Waals surface area contributed by atoms with E-state index >= 15 is 0 Å². The highest BCUT2D eigenvalue weighted by molar-refractivity contribution is 5.85. The van der Waals surface area contributed by atoms with Gasteiger partial charge in [0.05, 0.1) is 16.9 Å². The molecule has 8 nitrogen and oxygen atoms in total. The zero-order valence-corrected chi connectivity index (χ0v) is 15.9. The number of aliphatic imine (C=N–C) groups is 1. The van der Waals surface area contributed by atoms with Crippen molar-refractivity contribution in [1.82, 2.24) is 35.2 Å². The molecule has 0 amide bonds.